The molecule has 70 heavy (non-hydrogen) atoms. The predicted molar refractivity (Wildman–Crippen MR) is 303 cm³/mol. The fourth-order valence-electron chi connectivity index (χ4n) is 9.99. The van der Waals surface area contributed by atoms with Gasteiger partial charge in [-0.3, -0.25) is 0 Å². The van der Waals surface area contributed by atoms with Gasteiger partial charge in [0.15, 0.2) is 0 Å². The van der Waals surface area contributed by atoms with E-state index in [0.717, 1.165) is 34.1 Å². The van der Waals surface area contributed by atoms with Crippen molar-refractivity contribution in [1.29, 1.82) is 0 Å². The maximum Gasteiger partial charge on any atom is 0.0462 e. The molecule has 0 radical (unpaired) electrons. The molecule has 0 aliphatic heterocycles. The average molecular weight is 929 g/mol. The lowest BCUT2D eigenvalue weighted by Gasteiger charge is -2.26. The van der Waals surface area contributed by atoms with Crippen LogP contribution in [0.15, 0.2) is 267 Å². The molecule has 330 valence electrons. The van der Waals surface area contributed by atoms with Crippen molar-refractivity contribution >= 4 is 98.5 Å². The van der Waals surface area contributed by atoms with E-state index in [4.69, 9.17) is 0 Å². The van der Waals surface area contributed by atoms with Gasteiger partial charge in [0.2, 0.25) is 0 Å². The molecular weight excluding hydrogens is 885 g/mol. The van der Waals surface area contributed by atoms with Crippen LogP contribution in [0.4, 0.5) is 34.1 Å². The minimum absolute atomic E-state index is 1.12. The molecule has 0 N–H and O–H groups in total. The zero-order valence-electron chi connectivity index (χ0n) is 38.1. The minimum atomic E-state index is 1.12. The van der Waals surface area contributed by atoms with Gasteiger partial charge < -0.3 is 9.80 Å². The van der Waals surface area contributed by atoms with E-state index in [1.54, 1.807) is 0 Å². The maximum atomic E-state index is 2.37. The number of benzene rings is 11. The van der Waals surface area contributed by atoms with Crippen molar-refractivity contribution < 1.29 is 0 Å². The van der Waals surface area contributed by atoms with Crippen LogP contribution < -0.4 is 9.80 Å². The van der Waals surface area contributed by atoms with Gasteiger partial charge in [0, 0.05) is 53.3 Å². The lowest BCUT2D eigenvalue weighted by molar-refractivity contribution is 1.28. The van der Waals surface area contributed by atoms with E-state index >= 15 is 0 Å². The second-order valence-electron chi connectivity index (χ2n) is 17.7. The molecule has 0 amide bonds. The van der Waals surface area contributed by atoms with Crippen molar-refractivity contribution in [2.24, 2.45) is 0 Å². The van der Waals surface area contributed by atoms with Crippen molar-refractivity contribution in [1.82, 2.24) is 0 Å². The Bertz CT molecular complexity index is 3650. The molecule has 2 nitrogen and oxygen atoms in total. The number of hydrogen-bond donors (Lipinski definition) is 0. The molecule has 0 atom stereocenters. The highest BCUT2D eigenvalue weighted by atomic mass is 32.1. The number of fused-ring (bicyclic) bond motifs is 4. The van der Waals surface area contributed by atoms with E-state index in [-0.39, 0.29) is 0 Å². The molecular formula is C66H44N2S2. The maximum absolute atomic E-state index is 2.37. The Balaban J connectivity index is 0.758. The van der Waals surface area contributed by atoms with Crippen molar-refractivity contribution in [3.8, 4) is 43.1 Å². The second-order valence-corrected chi connectivity index (χ2v) is 19.9. The molecule has 13 rings (SSSR count). The van der Waals surface area contributed by atoms with E-state index in [1.165, 1.54) is 84.9 Å². The van der Waals surface area contributed by atoms with Gasteiger partial charge in [-0.05, 0) is 163 Å². The molecule has 2 heterocycles. The first-order valence-corrected chi connectivity index (χ1v) is 25.4. The summed E-state index contributed by atoms with van der Waals surface area (Å²) >= 11 is 3.73. The molecule has 0 aliphatic carbocycles. The minimum Gasteiger partial charge on any atom is -0.311 e. The Kier molecular flexibility index (Phi) is 10.6. The number of anilines is 6. The summed E-state index contributed by atoms with van der Waals surface area (Å²) in [5, 5.41) is 7.60. The van der Waals surface area contributed by atoms with Gasteiger partial charge in [0.05, 0.1) is 0 Å². The van der Waals surface area contributed by atoms with Crippen LogP contribution in [0, 0.1) is 0 Å². The van der Waals surface area contributed by atoms with Crippen LogP contribution in [0.25, 0.3) is 84.9 Å². The lowest BCUT2D eigenvalue weighted by Crippen LogP contribution is -2.09. The zero-order valence-corrected chi connectivity index (χ0v) is 39.7. The molecule has 13 aromatic rings. The first-order chi connectivity index (χ1) is 34.7. The van der Waals surface area contributed by atoms with Crippen LogP contribution in [-0.2, 0) is 0 Å². The summed E-state index contributed by atoms with van der Waals surface area (Å²) in [5.74, 6) is 0. The molecule has 4 heteroatoms. The van der Waals surface area contributed by atoms with Gasteiger partial charge in [0.1, 0.15) is 0 Å². The third-order valence-corrected chi connectivity index (χ3v) is 15.8. The Labute approximate surface area is 415 Å². The molecule has 0 saturated heterocycles. The SMILES string of the molecule is c1ccc(N(c2ccc(-c3cc4cc5sc(-c6ccc(N(c7ccccc7)c7ccc(-c8cccc9ccccc89)cc7)cc6)cc5cc4s3)cc2)c2ccc(-c3cccc4ccccc34)cc2)cc1. The molecule has 0 aliphatic rings. The van der Waals surface area contributed by atoms with Crippen molar-refractivity contribution in [3.05, 3.63) is 267 Å². The summed E-state index contributed by atoms with van der Waals surface area (Å²) in [6, 6.07) is 97.1. The third kappa shape index (κ3) is 7.79. The largest absolute Gasteiger partial charge is 0.311 e. The molecule has 2 aromatic heterocycles. The van der Waals surface area contributed by atoms with Crippen LogP contribution >= 0.6 is 22.7 Å². The van der Waals surface area contributed by atoms with Gasteiger partial charge in [-0.15, -0.1) is 22.7 Å². The van der Waals surface area contributed by atoms with Gasteiger partial charge in [-0.25, -0.2) is 0 Å². The van der Waals surface area contributed by atoms with Gasteiger partial charge in [-0.2, -0.15) is 0 Å². The van der Waals surface area contributed by atoms with Crippen LogP contribution in [0.1, 0.15) is 0 Å². The highest BCUT2D eigenvalue weighted by molar-refractivity contribution is 7.23. The number of thiophene rings is 2. The summed E-state index contributed by atoms with van der Waals surface area (Å²) < 4.78 is 2.60. The van der Waals surface area contributed by atoms with Gasteiger partial charge in [0.25, 0.3) is 0 Å². The van der Waals surface area contributed by atoms with Crippen LogP contribution in [-0.4, -0.2) is 0 Å². The van der Waals surface area contributed by atoms with E-state index in [1.807, 2.05) is 22.7 Å². The standard InChI is InChI=1S/C66H44N2S2/c1-3-17-53(18-4-1)67(55-33-25-47(26-34-55)61-23-11-15-45-13-7-9-21-59(45)61)57-37-29-49(30-38-57)63-41-51-43-66-52(44-65(51)69-63)42-64(70-66)50-31-39-58(40-32-50)68(54-19-5-2-6-20-54)56-35-27-48(28-36-56)62-24-12-16-46-14-8-10-22-60(46)62/h1-44H. The van der Waals surface area contributed by atoms with E-state index in [9.17, 15) is 0 Å². The fourth-order valence-corrected chi connectivity index (χ4v) is 12.2. The summed E-state index contributed by atoms with van der Waals surface area (Å²) in [7, 11) is 0. The van der Waals surface area contributed by atoms with E-state index in [2.05, 4.69) is 277 Å². The number of hydrogen-bond acceptors (Lipinski definition) is 4. The number of nitrogens with zero attached hydrogens (tertiary/aromatic N) is 2. The molecule has 0 bridgehead atoms. The Morgan fingerprint density at radius 1 is 0.229 bits per heavy atom. The van der Waals surface area contributed by atoms with Crippen molar-refractivity contribution in [2.75, 3.05) is 9.80 Å². The van der Waals surface area contributed by atoms with Crippen molar-refractivity contribution in [3.63, 3.8) is 0 Å². The first-order valence-electron chi connectivity index (χ1n) is 23.7. The van der Waals surface area contributed by atoms with Gasteiger partial charge in [-0.1, -0.05) is 170 Å². The summed E-state index contributed by atoms with van der Waals surface area (Å²) in [6.45, 7) is 0. The topological polar surface area (TPSA) is 6.48 Å². The smallest absolute Gasteiger partial charge is 0.0462 e. The number of rotatable bonds is 10. The average Bonchev–Trinajstić information content (AvgIpc) is 4.05. The summed E-state index contributed by atoms with van der Waals surface area (Å²) in [6.07, 6.45) is 0. The fraction of sp³-hybridized carbons (Fsp3) is 0. The van der Waals surface area contributed by atoms with E-state index in [0.29, 0.717) is 0 Å². The molecule has 0 saturated carbocycles. The molecule has 0 fully saturated rings. The molecule has 0 unspecified atom stereocenters. The first kappa shape index (κ1) is 41.6. The molecule has 11 aromatic carbocycles. The van der Waals surface area contributed by atoms with E-state index < -0.39 is 0 Å². The summed E-state index contributed by atoms with van der Waals surface area (Å²) in [4.78, 5) is 7.22. The highest BCUT2D eigenvalue weighted by Gasteiger charge is 2.17. The normalized spacial score (nSPS) is 11.4. The third-order valence-electron chi connectivity index (χ3n) is 13.5. The Morgan fingerprint density at radius 2 is 0.543 bits per heavy atom. The highest BCUT2D eigenvalue weighted by Crippen LogP contribution is 2.44. The predicted octanol–water partition coefficient (Wildman–Crippen LogP) is 20.0. The lowest BCUT2D eigenvalue weighted by atomic mass is 9.98. The quantitative estimate of drug-likeness (QED) is 0.135. The second kappa shape index (κ2) is 17.8. The molecule has 0 spiro atoms. The summed E-state index contributed by atoms with van der Waals surface area (Å²) in [5.41, 5.74) is 14.1. The van der Waals surface area contributed by atoms with Crippen molar-refractivity contribution in [2.45, 2.75) is 0 Å². The Hall–Kier alpha value is -8.54. The zero-order chi connectivity index (χ0) is 46.4. The Morgan fingerprint density at radius 3 is 0.929 bits per heavy atom. The van der Waals surface area contributed by atoms with Crippen LogP contribution in [0.3, 0.4) is 0 Å². The monoisotopic (exact) mass is 928 g/mol. The van der Waals surface area contributed by atoms with Crippen LogP contribution in [0.5, 0.6) is 0 Å². The van der Waals surface area contributed by atoms with Gasteiger partial charge >= 0.3 is 0 Å². The number of para-hydroxylation sites is 2. The van der Waals surface area contributed by atoms with Crippen LogP contribution in [0.2, 0.25) is 0 Å².